The number of nitrogens with one attached hydrogen (secondary N) is 1. The van der Waals surface area contributed by atoms with Crippen LogP contribution in [0, 0.1) is 13.8 Å². The summed E-state index contributed by atoms with van der Waals surface area (Å²) in [6, 6.07) is 3.61. The third kappa shape index (κ3) is 2.61. The maximum absolute atomic E-state index is 12.2. The second kappa shape index (κ2) is 4.31. The number of rotatable bonds is 4. The lowest BCUT2D eigenvalue weighted by molar-refractivity contribution is 0.413. The van der Waals surface area contributed by atoms with Crippen LogP contribution in [0.1, 0.15) is 24.0 Å². The molecule has 0 atom stereocenters. The lowest BCUT2D eigenvalue weighted by atomic mass is 10.1. The zero-order valence-corrected chi connectivity index (χ0v) is 11.1. The van der Waals surface area contributed by atoms with Crippen LogP contribution < -0.4 is 9.46 Å². The van der Waals surface area contributed by atoms with Gasteiger partial charge >= 0.3 is 0 Å². The predicted molar refractivity (Wildman–Crippen MR) is 65.8 cm³/mol. The quantitative estimate of drug-likeness (QED) is 0.891. The molecule has 0 heterocycles. The molecule has 0 spiro atoms. The molecule has 1 aliphatic rings. The Kier molecular flexibility index (Phi) is 3.14. The summed E-state index contributed by atoms with van der Waals surface area (Å²) in [5.74, 6) is 0.686. The molecule has 0 bridgehead atoms. The first-order chi connectivity index (χ1) is 7.94. The molecule has 94 valence electrons. The summed E-state index contributed by atoms with van der Waals surface area (Å²) < 4.78 is 32.2. The average Bonchev–Trinajstić information content (AvgIpc) is 2.98. The topological polar surface area (TPSA) is 55.4 Å². The molecule has 4 nitrogen and oxygen atoms in total. The monoisotopic (exact) mass is 255 g/mol. The second-order valence-electron chi connectivity index (χ2n) is 4.49. The highest BCUT2D eigenvalue weighted by Crippen LogP contribution is 2.28. The Morgan fingerprint density at radius 3 is 2.18 bits per heavy atom. The predicted octanol–water partition coefficient (Wildman–Crippen LogP) is 1.75. The Morgan fingerprint density at radius 1 is 1.24 bits per heavy atom. The molecular formula is C12H17NO3S. The zero-order chi connectivity index (χ0) is 12.6. The molecule has 0 saturated heterocycles. The Labute approximate surface area is 102 Å². The van der Waals surface area contributed by atoms with Crippen molar-refractivity contribution in [1.82, 2.24) is 4.72 Å². The molecule has 1 saturated carbocycles. The van der Waals surface area contributed by atoms with Crippen molar-refractivity contribution >= 4 is 10.0 Å². The van der Waals surface area contributed by atoms with Crippen LogP contribution in [0.5, 0.6) is 5.75 Å². The van der Waals surface area contributed by atoms with Gasteiger partial charge in [-0.25, -0.2) is 13.1 Å². The maximum Gasteiger partial charge on any atom is 0.241 e. The van der Waals surface area contributed by atoms with Gasteiger partial charge in [-0.05, 0) is 49.9 Å². The highest BCUT2D eigenvalue weighted by Gasteiger charge is 2.29. The van der Waals surface area contributed by atoms with Crippen LogP contribution in [-0.2, 0) is 10.0 Å². The smallest absolute Gasteiger partial charge is 0.241 e. The van der Waals surface area contributed by atoms with E-state index in [9.17, 15) is 8.42 Å². The summed E-state index contributed by atoms with van der Waals surface area (Å²) >= 11 is 0. The van der Waals surface area contributed by atoms with Crippen molar-refractivity contribution in [2.24, 2.45) is 0 Å². The van der Waals surface area contributed by atoms with Crippen molar-refractivity contribution in [3.05, 3.63) is 23.3 Å². The minimum atomic E-state index is -3.39. The van der Waals surface area contributed by atoms with Gasteiger partial charge in [0, 0.05) is 6.04 Å². The second-order valence-corrected chi connectivity index (χ2v) is 6.14. The molecule has 0 aliphatic heterocycles. The third-order valence-corrected chi connectivity index (χ3v) is 4.66. The normalized spacial score (nSPS) is 15.9. The average molecular weight is 255 g/mol. The summed E-state index contributed by atoms with van der Waals surface area (Å²) in [7, 11) is -1.81. The molecule has 0 amide bonds. The van der Waals surface area contributed by atoms with Crippen molar-refractivity contribution in [1.29, 1.82) is 0 Å². The third-order valence-electron chi connectivity index (χ3n) is 2.84. The summed E-state index contributed by atoms with van der Waals surface area (Å²) in [5, 5.41) is 0. The van der Waals surface area contributed by atoms with Gasteiger partial charge < -0.3 is 4.74 Å². The Morgan fingerprint density at radius 2 is 1.76 bits per heavy atom. The van der Waals surface area contributed by atoms with Gasteiger partial charge in [0.2, 0.25) is 10.0 Å². The minimum Gasteiger partial charge on any atom is -0.497 e. The number of benzene rings is 1. The van der Waals surface area contributed by atoms with Crippen molar-refractivity contribution in [2.45, 2.75) is 37.6 Å². The van der Waals surface area contributed by atoms with Gasteiger partial charge in [-0.3, -0.25) is 0 Å². The van der Waals surface area contributed by atoms with Crippen molar-refractivity contribution in [3.63, 3.8) is 0 Å². The van der Waals surface area contributed by atoms with E-state index in [0.29, 0.717) is 10.6 Å². The fourth-order valence-electron chi connectivity index (χ4n) is 1.93. The molecule has 5 heteroatoms. The number of aryl methyl sites for hydroxylation is 2. The molecule has 1 fully saturated rings. The largest absolute Gasteiger partial charge is 0.497 e. The van der Waals surface area contributed by atoms with E-state index in [1.54, 1.807) is 33.1 Å². The van der Waals surface area contributed by atoms with E-state index in [4.69, 9.17) is 4.74 Å². The van der Waals surface area contributed by atoms with E-state index >= 15 is 0 Å². The van der Waals surface area contributed by atoms with Gasteiger partial charge in [0.1, 0.15) is 5.75 Å². The number of sulfonamides is 1. The van der Waals surface area contributed by atoms with Crippen LogP contribution in [0.2, 0.25) is 0 Å². The fourth-order valence-corrected chi connectivity index (χ4v) is 3.69. The molecule has 0 radical (unpaired) electrons. The van der Waals surface area contributed by atoms with Crippen molar-refractivity contribution in [2.75, 3.05) is 7.11 Å². The van der Waals surface area contributed by atoms with E-state index in [1.165, 1.54) is 0 Å². The molecular weight excluding hydrogens is 238 g/mol. The summed E-state index contributed by atoms with van der Waals surface area (Å²) in [6.07, 6.45) is 1.88. The number of methoxy groups -OCH3 is 1. The van der Waals surface area contributed by atoms with Gasteiger partial charge in [-0.2, -0.15) is 0 Å². The van der Waals surface area contributed by atoms with Gasteiger partial charge in [0.05, 0.1) is 12.0 Å². The first-order valence-corrected chi connectivity index (χ1v) is 7.10. The summed E-state index contributed by atoms with van der Waals surface area (Å²) in [6.45, 7) is 3.58. The SMILES string of the molecule is COc1cc(C)c(S(=O)(=O)NC2CC2)c(C)c1. The van der Waals surface area contributed by atoms with E-state index < -0.39 is 10.0 Å². The molecule has 17 heavy (non-hydrogen) atoms. The van der Waals surface area contributed by atoms with Crippen LogP contribution in [0.25, 0.3) is 0 Å². The van der Waals surface area contributed by atoms with E-state index in [-0.39, 0.29) is 6.04 Å². The van der Waals surface area contributed by atoms with Crippen LogP contribution in [0.4, 0.5) is 0 Å². The fraction of sp³-hybridized carbons (Fsp3) is 0.500. The lowest BCUT2D eigenvalue weighted by Crippen LogP contribution is -2.27. The molecule has 0 unspecified atom stereocenters. The van der Waals surface area contributed by atoms with Crippen LogP contribution in [0.15, 0.2) is 17.0 Å². The first-order valence-electron chi connectivity index (χ1n) is 5.61. The lowest BCUT2D eigenvalue weighted by Gasteiger charge is -2.13. The van der Waals surface area contributed by atoms with E-state index in [0.717, 1.165) is 24.0 Å². The van der Waals surface area contributed by atoms with Crippen molar-refractivity contribution < 1.29 is 13.2 Å². The highest BCUT2D eigenvalue weighted by molar-refractivity contribution is 7.89. The van der Waals surface area contributed by atoms with Crippen LogP contribution in [0.3, 0.4) is 0 Å². The molecule has 0 aromatic heterocycles. The summed E-state index contributed by atoms with van der Waals surface area (Å²) in [5.41, 5.74) is 1.44. The van der Waals surface area contributed by atoms with Crippen LogP contribution >= 0.6 is 0 Å². The van der Waals surface area contributed by atoms with Crippen LogP contribution in [-0.4, -0.2) is 21.6 Å². The van der Waals surface area contributed by atoms with E-state index in [1.807, 2.05) is 0 Å². The highest BCUT2D eigenvalue weighted by atomic mass is 32.2. The minimum absolute atomic E-state index is 0.126. The molecule has 2 rings (SSSR count). The molecule has 1 aliphatic carbocycles. The van der Waals surface area contributed by atoms with Gasteiger partial charge in [0.15, 0.2) is 0 Å². The van der Waals surface area contributed by atoms with Gasteiger partial charge in [0.25, 0.3) is 0 Å². The Balaban J connectivity index is 2.43. The van der Waals surface area contributed by atoms with Crippen molar-refractivity contribution in [3.8, 4) is 5.75 Å². The van der Waals surface area contributed by atoms with Gasteiger partial charge in [-0.1, -0.05) is 0 Å². The number of hydrogen-bond donors (Lipinski definition) is 1. The standard InChI is InChI=1S/C12H17NO3S/c1-8-6-11(16-3)7-9(2)12(8)17(14,15)13-10-4-5-10/h6-7,10,13H,4-5H2,1-3H3. The number of hydrogen-bond acceptors (Lipinski definition) is 3. The molecule has 1 aromatic carbocycles. The first kappa shape index (κ1) is 12.4. The molecule has 1 N–H and O–H groups in total. The van der Waals surface area contributed by atoms with E-state index in [2.05, 4.69) is 4.72 Å². The van der Waals surface area contributed by atoms with Gasteiger partial charge in [-0.15, -0.1) is 0 Å². The Bertz CT molecular complexity index is 510. The number of ether oxygens (including phenoxy) is 1. The Hall–Kier alpha value is -1.07. The zero-order valence-electron chi connectivity index (χ0n) is 10.3. The molecule has 1 aromatic rings. The maximum atomic E-state index is 12.2. The summed E-state index contributed by atoms with van der Waals surface area (Å²) in [4.78, 5) is 0.380.